The van der Waals surface area contributed by atoms with E-state index < -0.39 is 0 Å². The summed E-state index contributed by atoms with van der Waals surface area (Å²) in [6, 6.07) is 9.29. The van der Waals surface area contributed by atoms with Crippen molar-refractivity contribution in [2.75, 3.05) is 6.54 Å². The van der Waals surface area contributed by atoms with Gasteiger partial charge in [-0.15, -0.1) is 0 Å². The van der Waals surface area contributed by atoms with E-state index in [-0.39, 0.29) is 5.91 Å². The second kappa shape index (κ2) is 6.39. The van der Waals surface area contributed by atoms with Crippen LogP contribution in [0.2, 0.25) is 0 Å². The molecule has 0 atom stereocenters. The van der Waals surface area contributed by atoms with Gasteiger partial charge >= 0.3 is 0 Å². The van der Waals surface area contributed by atoms with Crippen molar-refractivity contribution in [3.05, 3.63) is 69.0 Å². The predicted octanol–water partition coefficient (Wildman–Crippen LogP) is 3.79. The molecule has 1 aliphatic carbocycles. The molecule has 0 saturated heterocycles. The van der Waals surface area contributed by atoms with Gasteiger partial charge < -0.3 is 5.32 Å². The fourth-order valence-corrected chi connectivity index (χ4v) is 2.94. The summed E-state index contributed by atoms with van der Waals surface area (Å²) in [4.78, 5) is 16.4. The number of rotatable bonds is 4. The average molecular weight is 390 g/mol. The maximum Gasteiger partial charge on any atom is 0.251 e. The summed E-state index contributed by atoms with van der Waals surface area (Å²) in [6.45, 7) is 0.625. The molecule has 0 spiro atoms. The van der Waals surface area contributed by atoms with Crippen molar-refractivity contribution in [2.24, 2.45) is 4.99 Å². The normalized spacial score (nSPS) is 16.4. The molecular weight excluding hydrogens is 375 g/mol. The Bertz CT molecular complexity index is 684. The average Bonchev–Trinajstić information content (AvgIpc) is 2.90. The number of nitrogens with zero attached hydrogens (tertiary/aromatic N) is 1. The number of halogens is 1. The van der Waals surface area contributed by atoms with Gasteiger partial charge in [0.05, 0.1) is 5.71 Å². The van der Waals surface area contributed by atoms with Crippen LogP contribution >= 0.6 is 22.6 Å². The zero-order valence-corrected chi connectivity index (χ0v) is 13.6. The third-order valence-corrected chi connectivity index (χ3v) is 4.27. The smallest absolute Gasteiger partial charge is 0.251 e. The molecule has 1 N–H and O–H groups in total. The van der Waals surface area contributed by atoms with E-state index in [1.54, 1.807) is 0 Å². The van der Waals surface area contributed by atoms with Crippen LogP contribution in [0.4, 0.5) is 0 Å². The Kier molecular flexibility index (Phi) is 4.34. The minimum Gasteiger partial charge on any atom is -0.352 e. The van der Waals surface area contributed by atoms with Gasteiger partial charge in [0.2, 0.25) is 0 Å². The van der Waals surface area contributed by atoms with Crippen LogP contribution in [0.5, 0.6) is 0 Å². The van der Waals surface area contributed by atoms with Gasteiger partial charge in [0, 0.05) is 33.9 Å². The van der Waals surface area contributed by atoms with Gasteiger partial charge in [0.15, 0.2) is 0 Å². The van der Waals surface area contributed by atoms with Crippen LogP contribution in [-0.2, 0) is 0 Å². The molecule has 1 aromatic carbocycles. The van der Waals surface area contributed by atoms with Crippen molar-refractivity contribution >= 4 is 34.2 Å². The summed E-state index contributed by atoms with van der Waals surface area (Å²) in [5.41, 5.74) is 4.28. The van der Waals surface area contributed by atoms with Gasteiger partial charge in [0.25, 0.3) is 5.91 Å². The topological polar surface area (TPSA) is 41.5 Å². The van der Waals surface area contributed by atoms with Crippen molar-refractivity contribution in [1.29, 1.82) is 0 Å². The van der Waals surface area contributed by atoms with Crippen molar-refractivity contribution in [2.45, 2.75) is 12.8 Å². The molecule has 0 fully saturated rings. The number of allylic oxidation sites excluding steroid dienone is 4. The molecular formula is C17H15IN2O. The SMILES string of the molecule is O=C(NCCC1=CN=C2CC=C(I)C=C12)c1ccccc1. The maximum absolute atomic E-state index is 12.0. The van der Waals surface area contributed by atoms with Gasteiger partial charge in [-0.3, -0.25) is 9.79 Å². The molecule has 0 unspecified atom stereocenters. The van der Waals surface area contributed by atoms with Crippen molar-refractivity contribution < 1.29 is 4.79 Å². The Morgan fingerprint density at radius 3 is 2.90 bits per heavy atom. The molecule has 0 aromatic heterocycles. The van der Waals surface area contributed by atoms with E-state index in [9.17, 15) is 4.79 Å². The number of fused-ring (bicyclic) bond motifs is 1. The molecule has 3 rings (SSSR count). The molecule has 1 aliphatic heterocycles. The molecule has 4 heteroatoms. The van der Waals surface area contributed by atoms with E-state index in [0.717, 1.165) is 18.6 Å². The highest BCUT2D eigenvalue weighted by Crippen LogP contribution is 2.30. The zero-order valence-electron chi connectivity index (χ0n) is 11.5. The van der Waals surface area contributed by atoms with E-state index >= 15 is 0 Å². The number of carbonyl (C=O) groups excluding carboxylic acids is 1. The minimum absolute atomic E-state index is 0.0255. The Morgan fingerprint density at radius 2 is 2.10 bits per heavy atom. The number of benzene rings is 1. The summed E-state index contributed by atoms with van der Waals surface area (Å²) in [5.74, 6) is -0.0255. The van der Waals surface area contributed by atoms with Crippen LogP contribution in [0.1, 0.15) is 23.2 Å². The Morgan fingerprint density at radius 1 is 1.29 bits per heavy atom. The molecule has 1 heterocycles. The summed E-state index contributed by atoms with van der Waals surface area (Å²) < 4.78 is 1.25. The molecule has 106 valence electrons. The molecule has 0 bridgehead atoms. The van der Waals surface area contributed by atoms with Gasteiger partial charge in [-0.05, 0) is 52.8 Å². The molecule has 1 aromatic rings. The fourth-order valence-electron chi connectivity index (χ4n) is 2.41. The van der Waals surface area contributed by atoms with E-state index in [1.165, 1.54) is 14.7 Å². The fraction of sp³-hybridized carbons (Fsp3) is 0.176. The second-order valence-corrected chi connectivity index (χ2v) is 6.20. The number of amides is 1. The first-order chi connectivity index (χ1) is 10.2. The number of carbonyl (C=O) groups is 1. The Balaban J connectivity index is 1.55. The maximum atomic E-state index is 12.0. The first-order valence-electron chi connectivity index (χ1n) is 6.91. The molecule has 3 nitrogen and oxygen atoms in total. The van der Waals surface area contributed by atoms with Gasteiger partial charge in [0.1, 0.15) is 0 Å². The van der Waals surface area contributed by atoms with Crippen LogP contribution in [0.15, 0.2) is 68.4 Å². The van der Waals surface area contributed by atoms with Crippen LogP contribution < -0.4 is 5.32 Å². The number of hydrogen-bond donors (Lipinski definition) is 1. The Hall–Kier alpha value is -1.69. The van der Waals surface area contributed by atoms with Gasteiger partial charge in [-0.2, -0.15) is 0 Å². The van der Waals surface area contributed by atoms with E-state index in [4.69, 9.17) is 0 Å². The lowest BCUT2D eigenvalue weighted by molar-refractivity contribution is 0.0954. The highest BCUT2D eigenvalue weighted by Gasteiger charge is 2.19. The third kappa shape index (κ3) is 3.32. The zero-order chi connectivity index (χ0) is 14.7. The van der Waals surface area contributed by atoms with E-state index in [0.29, 0.717) is 12.1 Å². The largest absolute Gasteiger partial charge is 0.352 e. The van der Waals surface area contributed by atoms with Crippen LogP contribution in [-0.4, -0.2) is 18.2 Å². The summed E-state index contributed by atoms with van der Waals surface area (Å²) in [6.07, 6.45) is 7.98. The molecule has 0 saturated carbocycles. The lowest BCUT2D eigenvalue weighted by Gasteiger charge is -2.12. The first kappa shape index (κ1) is 14.3. The first-order valence-corrected chi connectivity index (χ1v) is 7.99. The third-order valence-electron chi connectivity index (χ3n) is 3.52. The van der Waals surface area contributed by atoms with Crippen LogP contribution in [0.3, 0.4) is 0 Å². The molecule has 2 aliphatic rings. The number of nitrogens with one attached hydrogen (secondary N) is 1. The lowest BCUT2D eigenvalue weighted by Crippen LogP contribution is -2.24. The lowest BCUT2D eigenvalue weighted by atomic mass is 9.96. The van der Waals surface area contributed by atoms with Gasteiger partial charge in [-0.25, -0.2) is 0 Å². The summed E-state index contributed by atoms with van der Waals surface area (Å²) in [7, 11) is 0. The van der Waals surface area contributed by atoms with Crippen molar-refractivity contribution in [3.63, 3.8) is 0 Å². The quantitative estimate of drug-likeness (QED) is 0.781. The molecule has 21 heavy (non-hydrogen) atoms. The highest BCUT2D eigenvalue weighted by molar-refractivity contribution is 14.1. The monoisotopic (exact) mass is 390 g/mol. The summed E-state index contributed by atoms with van der Waals surface area (Å²) >= 11 is 2.33. The minimum atomic E-state index is -0.0255. The van der Waals surface area contributed by atoms with Crippen LogP contribution in [0.25, 0.3) is 0 Å². The second-order valence-electron chi connectivity index (χ2n) is 4.95. The number of hydrogen-bond acceptors (Lipinski definition) is 2. The molecule has 0 radical (unpaired) electrons. The van der Waals surface area contributed by atoms with Gasteiger partial charge in [-0.1, -0.05) is 24.3 Å². The number of aliphatic imine (C=N–C) groups is 1. The summed E-state index contributed by atoms with van der Waals surface area (Å²) in [5, 5.41) is 2.96. The van der Waals surface area contributed by atoms with E-state index in [2.05, 4.69) is 45.1 Å². The Labute approximate surface area is 137 Å². The van der Waals surface area contributed by atoms with E-state index in [1.807, 2.05) is 36.5 Å². The standard InChI is InChI=1S/C17H15IN2O/c18-14-6-7-16-15(10-14)13(11-20-16)8-9-19-17(21)12-4-2-1-3-5-12/h1-6,10-11H,7-9H2,(H,19,21). The predicted molar refractivity (Wildman–Crippen MR) is 93.7 cm³/mol. The van der Waals surface area contributed by atoms with Crippen LogP contribution in [0, 0.1) is 0 Å². The molecule has 1 amide bonds. The highest BCUT2D eigenvalue weighted by atomic mass is 127. The van der Waals surface area contributed by atoms with Crippen molar-refractivity contribution in [1.82, 2.24) is 5.32 Å². The van der Waals surface area contributed by atoms with Crippen molar-refractivity contribution in [3.8, 4) is 0 Å².